The maximum atomic E-state index is 6.04. The predicted molar refractivity (Wildman–Crippen MR) is 84.1 cm³/mol. The average Bonchev–Trinajstić information content (AvgIpc) is 2.52. The first kappa shape index (κ1) is 15.5. The van der Waals surface area contributed by atoms with Crippen molar-refractivity contribution in [2.24, 2.45) is 0 Å². The zero-order chi connectivity index (χ0) is 14.2. The predicted octanol–water partition coefficient (Wildman–Crippen LogP) is 2.32. The maximum Gasteiger partial charge on any atom is 0.0858 e. The SMILES string of the molecule is CCCNC(Cc1ccccc1)C1CN(CC)CCO1. The second-order valence-electron chi connectivity index (χ2n) is 5.55. The molecule has 0 aliphatic carbocycles. The van der Waals surface area contributed by atoms with Crippen LogP contribution in [0.1, 0.15) is 25.8 Å². The highest BCUT2D eigenvalue weighted by atomic mass is 16.5. The summed E-state index contributed by atoms with van der Waals surface area (Å²) >= 11 is 0. The summed E-state index contributed by atoms with van der Waals surface area (Å²) in [7, 11) is 0. The summed E-state index contributed by atoms with van der Waals surface area (Å²) in [5.41, 5.74) is 1.39. The van der Waals surface area contributed by atoms with Crippen molar-refractivity contribution < 1.29 is 4.74 Å². The van der Waals surface area contributed by atoms with E-state index in [0.717, 1.165) is 45.6 Å². The molecule has 1 aliphatic heterocycles. The second kappa shape index (κ2) is 8.40. The summed E-state index contributed by atoms with van der Waals surface area (Å²) in [5.74, 6) is 0. The van der Waals surface area contributed by atoms with Crippen LogP contribution in [0.4, 0.5) is 0 Å². The van der Waals surface area contributed by atoms with Gasteiger partial charge in [0.15, 0.2) is 0 Å². The summed E-state index contributed by atoms with van der Waals surface area (Å²) in [6, 6.07) is 11.1. The van der Waals surface area contributed by atoms with Crippen molar-refractivity contribution in [2.45, 2.75) is 38.8 Å². The molecule has 2 rings (SSSR count). The number of hydrogen-bond donors (Lipinski definition) is 1. The molecule has 0 amide bonds. The zero-order valence-corrected chi connectivity index (χ0v) is 12.8. The van der Waals surface area contributed by atoms with E-state index in [9.17, 15) is 0 Å². The van der Waals surface area contributed by atoms with Crippen LogP contribution >= 0.6 is 0 Å². The molecule has 0 spiro atoms. The lowest BCUT2D eigenvalue weighted by Gasteiger charge is -2.37. The summed E-state index contributed by atoms with van der Waals surface area (Å²) < 4.78 is 6.04. The normalized spacial score (nSPS) is 21.8. The Morgan fingerprint density at radius 2 is 2.10 bits per heavy atom. The fourth-order valence-corrected chi connectivity index (χ4v) is 2.80. The van der Waals surface area contributed by atoms with Gasteiger partial charge in [-0.2, -0.15) is 0 Å². The van der Waals surface area contributed by atoms with Crippen LogP contribution in [0.3, 0.4) is 0 Å². The van der Waals surface area contributed by atoms with Crippen molar-refractivity contribution in [1.29, 1.82) is 0 Å². The molecule has 0 radical (unpaired) electrons. The quantitative estimate of drug-likeness (QED) is 0.827. The van der Waals surface area contributed by atoms with E-state index in [-0.39, 0.29) is 0 Å². The number of likely N-dealkylation sites (N-methyl/N-ethyl adjacent to an activating group) is 1. The zero-order valence-electron chi connectivity index (χ0n) is 12.8. The first-order valence-electron chi connectivity index (χ1n) is 7.94. The van der Waals surface area contributed by atoms with E-state index >= 15 is 0 Å². The van der Waals surface area contributed by atoms with Gasteiger partial charge in [-0.1, -0.05) is 44.2 Å². The highest BCUT2D eigenvalue weighted by Crippen LogP contribution is 2.13. The molecule has 0 saturated carbocycles. The van der Waals surface area contributed by atoms with E-state index in [1.54, 1.807) is 0 Å². The van der Waals surface area contributed by atoms with Gasteiger partial charge in [0.1, 0.15) is 0 Å². The molecule has 1 heterocycles. The van der Waals surface area contributed by atoms with E-state index in [0.29, 0.717) is 12.1 Å². The van der Waals surface area contributed by atoms with Crippen LogP contribution in [0, 0.1) is 0 Å². The summed E-state index contributed by atoms with van der Waals surface area (Å²) in [6.07, 6.45) is 2.51. The fraction of sp³-hybridized carbons (Fsp3) is 0.647. The molecule has 112 valence electrons. The van der Waals surface area contributed by atoms with Crippen LogP contribution < -0.4 is 5.32 Å². The molecule has 1 aromatic rings. The number of nitrogens with zero attached hydrogens (tertiary/aromatic N) is 1. The van der Waals surface area contributed by atoms with Crippen molar-refractivity contribution in [2.75, 3.05) is 32.8 Å². The maximum absolute atomic E-state index is 6.04. The Morgan fingerprint density at radius 3 is 2.80 bits per heavy atom. The third kappa shape index (κ3) is 4.58. The van der Waals surface area contributed by atoms with Gasteiger partial charge in [-0.05, 0) is 31.5 Å². The third-order valence-corrected chi connectivity index (χ3v) is 4.03. The minimum atomic E-state index is 0.301. The van der Waals surface area contributed by atoms with Crippen molar-refractivity contribution in [1.82, 2.24) is 10.2 Å². The van der Waals surface area contributed by atoms with Crippen molar-refractivity contribution in [3.05, 3.63) is 35.9 Å². The molecule has 1 fully saturated rings. The van der Waals surface area contributed by atoms with E-state index in [2.05, 4.69) is 54.4 Å². The molecule has 1 N–H and O–H groups in total. The second-order valence-corrected chi connectivity index (χ2v) is 5.55. The van der Waals surface area contributed by atoms with E-state index < -0.39 is 0 Å². The van der Waals surface area contributed by atoms with Crippen LogP contribution in [-0.2, 0) is 11.2 Å². The highest BCUT2D eigenvalue weighted by Gasteiger charge is 2.27. The molecular weight excluding hydrogens is 248 g/mol. The lowest BCUT2D eigenvalue weighted by atomic mass is 9.99. The van der Waals surface area contributed by atoms with Gasteiger partial charge in [0.25, 0.3) is 0 Å². The van der Waals surface area contributed by atoms with Gasteiger partial charge >= 0.3 is 0 Å². The number of rotatable bonds is 7. The van der Waals surface area contributed by atoms with Crippen LogP contribution in [0.15, 0.2) is 30.3 Å². The minimum Gasteiger partial charge on any atom is -0.374 e. The van der Waals surface area contributed by atoms with Gasteiger partial charge in [-0.25, -0.2) is 0 Å². The molecule has 2 atom stereocenters. The van der Waals surface area contributed by atoms with Gasteiger partial charge in [0, 0.05) is 19.1 Å². The number of nitrogens with one attached hydrogen (secondary N) is 1. The topological polar surface area (TPSA) is 24.5 Å². The monoisotopic (exact) mass is 276 g/mol. The Labute approximate surface area is 123 Å². The Morgan fingerprint density at radius 1 is 1.30 bits per heavy atom. The largest absolute Gasteiger partial charge is 0.374 e. The van der Waals surface area contributed by atoms with Gasteiger partial charge < -0.3 is 10.1 Å². The lowest BCUT2D eigenvalue weighted by Crippen LogP contribution is -2.53. The standard InChI is InChI=1S/C17H28N2O/c1-3-10-18-16(13-15-8-6-5-7-9-15)17-14-19(4-2)11-12-20-17/h5-9,16-18H,3-4,10-14H2,1-2H3. The molecule has 20 heavy (non-hydrogen) atoms. The first-order valence-corrected chi connectivity index (χ1v) is 7.94. The molecule has 1 aromatic carbocycles. The fourth-order valence-electron chi connectivity index (χ4n) is 2.80. The van der Waals surface area contributed by atoms with Crippen molar-refractivity contribution in [3.63, 3.8) is 0 Å². The molecule has 0 bridgehead atoms. The van der Waals surface area contributed by atoms with Gasteiger partial charge in [-0.3, -0.25) is 4.90 Å². The van der Waals surface area contributed by atoms with Gasteiger partial charge in [0.05, 0.1) is 12.7 Å². The molecule has 3 nitrogen and oxygen atoms in total. The Hall–Kier alpha value is -0.900. The highest BCUT2D eigenvalue weighted by molar-refractivity contribution is 5.16. The smallest absolute Gasteiger partial charge is 0.0858 e. The molecular formula is C17H28N2O. The van der Waals surface area contributed by atoms with Crippen molar-refractivity contribution in [3.8, 4) is 0 Å². The Kier molecular flexibility index (Phi) is 6.51. The van der Waals surface area contributed by atoms with E-state index in [4.69, 9.17) is 4.74 Å². The Balaban J connectivity index is 1.98. The molecule has 0 aromatic heterocycles. The van der Waals surface area contributed by atoms with E-state index in [1.807, 2.05) is 0 Å². The molecule has 2 unspecified atom stereocenters. The minimum absolute atomic E-state index is 0.301. The molecule has 1 saturated heterocycles. The van der Waals surface area contributed by atoms with E-state index in [1.165, 1.54) is 5.56 Å². The summed E-state index contributed by atoms with van der Waals surface area (Å²) in [6.45, 7) is 9.59. The number of hydrogen-bond acceptors (Lipinski definition) is 3. The van der Waals surface area contributed by atoms with Crippen LogP contribution in [0.5, 0.6) is 0 Å². The van der Waals surface area contributed by atoms with Crippen LogP contribution in [0.2, 0.25) is 0 Å². The van der Waals surface area contributed by atoms with Crippen molar-refractivity contribution >= 4 is 0 Å². The summed E-state index contributed by atoms with van der Waals surface area (Å²) in [4.78, 5) is 2.49. The van der Waals surface area contributed by atoms with Gasteiger partial charge in [0.2, 0.25) is 0 Å². The third-order valence-electron chi connectivity index (χ3n) is 4.03. The van der Waals surface area contributed by atoms with Gasteiger partial charge in [-0.15, -0.1) is 0 Å². The lowest BCUT2D eigenvalue weighted by molar-refractivity contribution is -0.0447. The number of ether oxygens (including phenoxy) is 1. The molecule has 1 aliphatic rings. The average molecular weight is 276 g/mol. The van der Waals surface area contributed by atoms with Crippen LogP contribution in [0.25, 0.3) is 0 Å². The Bertz CT molecular complexity index is 369. The molecule has 3 heteroatoms. The number of benzene rings is 1. The van der Waals surface area contributed by atoms with Crippen LogP contribution in [-0.4, -0.2) is 49.8 Å². The number of morpholine rings is 1. The summed E-state index contributed by atoms with van der Waals surface area (Å²) in [5, 5.41) is 3.68. The first-order chi connectivity index (χ1) is 9.83.